The molecule has 3 heterocycles. The second-order valence-electron chi connectivity index (χ2n) is 6.94. The van der Waals surface area contributed by atoms with Gasteiger partial charge in [-0.15, -0.1) is 22.7 Å². The van der Waals surface area contributed by atoms with Crippen molar-refractivity contribution in [2.45, 2.75) is 44.6 Å². The van der Waals surface area contributed by atoms with Gasteiger partial charge < -0.3 is 4.90 Å². The van der Waals surface area contributed by atoms with E-state index >= 15 is 0 Å². The molecule has 1 fully saturated rings. The molecule has 0 unspecified atom stereocenters. The van der Waals surface area contributed by atoms with Gasteiger partial charge in [0.2, 0.25) is 0 Å². The molecule has 1 amide bonds. The smallest absolute Gasteiger partial charge is 0.264 e. The average molecular weight is 369 g/mol. The minimum atomic E-state index is 0.143. The summed E-state index contributed by atoms with van der Waals surface area (Å²) in [4.78, 5) is 22.4. The molecule has 0 spiro atoms. The van der Waals surface area contributed by atoms with Gasteiger partial charge >= 0.3 is 0 Å². The predicted octanol–water partition coefficient (Wildman–Crippen LogP) is 5.21. The predicted molar refractivity (Wildman–Crippen MR) is 104 cm³/mol. The molecule has 2 aliphatic rings. The van der Waals surface area contributed by atoms with Crippen LogP contribution >= 0.6 is 22.7 Å². The molecule has 2 aromatic heterocycles. The molecule has 0 bridgehead atoms. The molecule has 1 aliphatic heterocycles. The first-order valence-corrected chi connectivity index (χ1v) is 10.7. The maximum atomic E-state index is 13.2. The molecular formula is C20H20N2OS2. The van der Waals surface area contributed by atoms with E-state index < -0.39 is 0 Å². The maximum absolute atomic E-state index is 13.2. The van der Waals surface area contributed by atoms with Gasteiger partial charge in [0.05, 0.1) is 21.1 Å². The number of fused-ring (bicyclic) bond motifs is 2. The van der Waals surface area contributed by atoms with Crippen LogP contribution in [-0.2, 0) is 12.8 Å². The van der Waals surface area contributed by atoms with Crippen molar-refractivity contribution in [3.63, 3.8) is 0 Å². The van der Waals surface area contributed by atoms with Gasteiger partial charge in [0, 0.05) is 11.4 Å². The first kappa shape index (κ1) is 15.5. The molecule has 0 N–H and O–H groups in total. The van der Waals surface area contributed by atoms with Gasteiger partial charge in [0.25, 0.3) is 5.91 Å². The van der Waals surface area contributed by atoms with E-state index in [2.05, 4.69) is 29.2 Å². The molecule has 3 nitrogen and oxygen atoms in total. The lowest BCUT2D eigenvalue weighted by atomic mass is 9.99. The zero-order valence-electron chi connectivity index (χ0n) is 14.0. The van der Waals surface area contributed by atoms with Crippen LogP contribution in [0.25, 0.3) is 10.2 Å². The number of benzene rings is 1. The summed E-state index contributed by atoms with van der Waals surface area (Å²) in [5.74, 6) is 0.209. The number of hydrogen-bond acceptors (Lipinski definition) is 4. The lowest BCUT2D eigenvalue weighted by Crippen LogP contribution is -2.29. The molecule has 0 saturated carbocycles. The minimum Gasteiger partial charge on any atom is -0.328 e. The Morgan fingerprint density at radius 3 is 2.88 bits per heavy atom. The van der Waals surface area contributed by atoms with Crippen molar-refractivity contribution in [1.29, 1.82) is 0 Å². The van der Waals surface area contributed by atoms with Crippen LogP contribution in [0, 0.1) is 0 Å². The average Bonchev–Trinajstić information content (AvgIpc) is 3.36. The largest absolute Gasteiger partial charge is 0.328 e. The molecule has 128 valence electrons. The van der Waals surface area contributed by atoms with E-state index in [0.717, 1.165) is 47.6 Å². The number of carbonyl (C=O) groups excluding carboxylic acids is 1. The van der Waals surface area contributed by atoms with Crippen LogP contribution in [0.15, 0.2) is 30.3 Å². The van der Waals surface area contributed by atoms with Gasteiger partial charge in [-0.2, -0.15) is 0 Å². The van der Waals surface area contributed by atoms with E-state index in [1.165, 1.54) is 28.0 Å². The highest BCUT2D eigenvalue weighted by Gasteiger charge is 2.34. The number of nitrogens with zero attached hydrogens (tertiary/aromatic N) is 2. The van der Waals surface area contributed by atoms with Crippen molar-refractivity contribution in [3.8, 4) is 0 Å². The fraction of sp³-hybridized carbons (Fsp3) is 0.400. The Kier molecular flexibility index (Phi) is 3.86. The third kappa shape index (κ3) is 2.70. The summed E-state index contributed by atoms with van der Waals surface area (Å²) in [5.41, 5.74) is 2.46. The van der Waals surface area contributed by atoms with Crippen molar-refractivity contribution in [1.82, 2.24) is 9.88 Å². The van der Waals surface area contributed by atoms with Crippen LogP contribution in [0.2, 0.25) is 0 Å². The zero-order chi connectivity index (χ0) is 16.8. The van der Waals surface area contributed by atoms with E-state index in [9.17, 15) is 4.79 Å². The Labute approximate surface area is 155 Å². The van der Waals surface area contributed by atoms with E-state index in [1.54, 1.807) is 22.7 Å². The van der Waals surface area contributed by atoms with E-state index in [-0.39, 0.29) is 11.9 Å². The Hall–Kier alpha value is -1.72. The highest BCUT2D eigenvalue weighted by Crippen LogP contribution is 2.38. The van der Waals surface area contributed by atoms with Gasteiger partial charge in [-0.05, 0) is 62.3 Å². The van der Waals surface area contributed by atoms with E-state index in [4.69, 9.17) is 4.98 Å². The number of amides is 1. The van der Waals surface area contributed by atoms with Crippen LogP contribution in [0.1, 0.15) is 56.8 Å². The van der Waals surface area contributed by atoms with Gasteiger partial charge in [-0.3, -0.25) is 4.79 Å². The fourth-order valence-corrected chi connectivity index (χ4v) is 6.36. The molecule has 5 rings (SSSR count). The number of para-hydroxylation sites is 1. The topological polar surface area (TPSA) is 33.2 Å². The van der Waals surface area contributed by atoms with Crippen LogP contribution in [0.3, 0.4) is 0 Å². The molecule has 0 radical (unpaired) electrons. The first-order chi connectivity index (χ1) is 12.3. The summed E-state index contributed by atoms with van der Waals surface area (Å²) >= 11 is 3.46. The summed E-state index contributed by atoms with van der Waals surface area (Å²) in [7, 11) is 0. The highest BCUT2D eigenvalue weighted by atomic mass is 32.1. The Bertz CT molecular complexity index is 886. The summed E-state index contributed by atoms with van der Waals surface area (Å²) in [5, 5.41) is 1.09. The Morgan fingerprint density at radius 1 is 1.12 bits per heavy atom. The lowest BCUT2D eigenvalue weighted by molar-refractivity contribution is 0.0740. The summed E-state index contributed by atoms with van der Waals surface area (Å²) in [6.07, 6.45) is 6.90. The highest BCUT2D eigenvalue weighted by molar-refractivity contribution is 7.18. The minimum absolute atomic E-state index is 0.143. The number of rotatable bonds is 2. The number of carbonyl (C=O) groups is 1. The Balaban J connectivity index is 1.45. The summed E-state index contributed by atoms with van der Waals surface area (Å²) in [6.45, 7) is 0.849. The van der Waals surface area contributed by atoms with Gasteiger partial charge in [0.15, 0.2) is 0 Å². The van der Waals surface area contributed by atoms with Gasteiger partial charge in [-0.25, -0.2) is 4.98 Å². The van der Waals surface area contributed by atoms with E-state index in [1.807, 2.05) is 6.07 Å². The van der Waals surface area contributed by atoms with Crippen molar-refractivity contribution in [2.75, 3.05) is 6.54 Å². The second kappa shape index (κ2) is 6.22. The monoisotopic (exact) mass is 368 g/mol. The van der Waals surface area contributed by atoms with Crippen molar-refractivity contribution in [3.05, 3.63) is 50.7 Å². The third-order valence-electron chi connectivity index (χ3n) is 5.32. The molecule has 1 atom stereocenters. The number of hydrogen-bond donors (Lipinski definition) is 0. The summed E-state index contributed by atoms with van der Waals surface area (Å²) < 4.78 is 1.21. The standard InChI is InChI=1S/C20H20N2OS2/c23-20(18-12-13-6-1-3-9-16(13)24-18)22-11-5-8-15(22)19-21-14-7-2-4-10-17(14)25-19/h2,4,7,10,12,15H,1,3,5-6,8-9,11H2/t15-/m0/s1. The summed E-state index contributed by atoms with van der Waals surface area (Å²) in [6, 6.07) is 10.6. The molecule has 25 heavy (non-hydrogen) atoms. The molecule has 1 aliphatic carbocycles. The quantitative estimate of drug-likeness (QED) is 0.622. The number of thiazole rings is 1. The number of likely N-dealkylation sites (tertiary alicyclic amines) is 1. The van der Waals surface area contributed by atoms with Crippen molar-refractivity contribution in [2.24, 2.45) is 0 Å². The molecule has 1 saturated heterocycles. The lowest BCUT2D eigenvalue weighted by Gasteiger charge is -2.22. The third-order valence-corrected chi connectivity index (χ3v) is 7.68. The normalized spacial score (nSPS) is 20.2. The van der Waals surface area contributed by atoms with E-state index in [0.29, 0.717) is 0 Å². The van der Waals surface area contributed by atoms with Gasteiger partial charge in [0.1, 0.15) is 5.01 Å². The number of aryl methyl sites for hydroxylation is 2. The van der Waals surface area contributed by atoms with Crippen molar-refractivity contribution < 1.29 is 4.79 Å². The molecule has 3 aromatic rings. The SMILES string of the molecule is O=C(c1cc2c(s1)CCCC2)N1CCC[C@H]1c1nc2ccccc2s1. The maximum Gasteiger partial charge on any atom is 0.264 e. The Morgan fingerprint density at radius 2 is 2.00 bits per heavy atom. The molecule has 1 aromatic carbocycles. The van der Waals surface area contributed by atoms with Gasteiger partial charge in [-0.1, -0.05) is 12.1 Å². The molecule has 5 heteroatoms. The van der Waals surface area contributed by atoms with Crippen LogP contribution < -0.4 is 0 Å². The first-order valence-electron chi connectivity index (χ1n) is 9.07. The van der Waals surface area contributed by atoms with Crippen LogP contribution in [0.4, 0.5) is 0 Å². The zero-order valence-corrected chi connectivity index (χ0v) is 15.7. The number of thiophene rings is 1. The van der Waals surface area contributed by atoms with Crippen molar-refractivity contribution >= 4 is 38.8 Å². The van der Waals surface area contributed by atoms with Crippen LogP contribution in [-0.4, -0.2) is 22.3 Å². The fourth-order valence-electron chi connectivity index (χ4n) is 4.04. The second-order valence-corrected chi connectivity index (χ2v) is 9.14. The number of aromatic nitrogens is 1. The molecular weight excluding hydrogens is 348 g/mol. The van der Waals surface area contributed by atoms with Crippen LogP contribution in [0.5, 0.6) is 0 Å².